The number of hydrogen-bond acceptors (Lipinski definition) is 7. The number of Topliss-reactive ketones (excluding diaryl/α,β-unsaturated/α-hetero) is 1. The summed E-state index contributed by atoms with van der Waals surface area (Å²) in [5.41, 5.74) is 14.0. The molecule has 0 radical (unpaired) electrons. The molecule has 0 saturated heterocycles. The fraction of sp³-hybridized carbons (Fsp3) is 0.441. The van der Waals surface area contributed by atoms with Crippen LogP contribution < -0.4 is 22.1 Å². The van der Waals surface area contributed by atoms with Gasteiger partial charge < -0.3 is 15.5 Å². The predicted octanol–water partition coefficient (Wildman–Crippen LogP) is 5.70. The summed E-state index contributed by atoms with van der Waals surface area (Å²) in [5, 5.41) is 7.84. The van der Waals surface area contributed by atoms with E-state index in [4.69, 9.17) is 15.5 Å². The van der Waals surface area contributed by atoms with Crippen LogP contribution in [0.2, 0.25) is 33.1 Å². The molecule has 0 atom stereocenters. The van der Waals surface area contributed by atoms with Crippen LogP contribution in [-0.4, -0.2) is 67.6 Å². The lowest BCUT2D eigenvalue weighted by Gasteiger charge is -1.98. The van der Waals surface area contributed by atoms with Crippen molar-refractivity contribution in [3.05, 3.63) is 89.5 Å². The number of hydrogen-bond donors (Lipinski definition) is 2. The zero-order valence-electron chi connectivity index (χ0n) is 27.9. The van der Waals surface area contributed by atoms with Gasteiger partial charge in [0, 0.05) is 5.88 Å². The van der Waals surface area contributed by atoms with Crippen LogP contribution in [0.5, 0.6) is 0 Å². The molecule has 6 rings (SSSR count). The minimum atomic E-state index is 0.236. The Morgan fingerprint density at radius 1 is 0.750 bits per heavy atom. The Hall–Kier alpha value is -1.55. The molecule has 238 valence electrons. The lowest BCUT2D eigenvalue weighted by atomic mass is 9.48. The number of rotatable bonds is 4. The molecular formula is C34H52B3NO3S3. The van der Waals surface area contributed by atoms with E-state index in [9.17, 15) is 4.79 Å². The van der Waals surface area contributed by atoms with Gasteiger partial charge in [0.25, 0.3) is 0 Å². The fourth-order valence-corrected chi connectivity index (χ4v) is 5.52. The van der Waals surface area contributed by atoms with E-state index in [0.717, 1.165) is 25.9 Å². The average molecular weight is 651 g/mol. The van der Waals surface area contributed by atoms with Gasteiger partial charge in [0.1, 0.15) is 5.78 Å². The van der Waals surface area contributed by atoms with Gasteiger partial charge in [-0.15, -0.1) is 11.8 Å². The number of carbonyl (C=O) groups is 1. The molecule has 10 heteroatoms. The van der Waals surface area contributed by atoms with E-state index in [-0.39, 0.29) is 11.7 Å². The minimum absolute atomic E-state index is 0.236. The van der Waals surface area contributed by atoms with Gasteiger partial charge in [-0.3, -0.25) is 4.79 Å². The summed E-state index contributed by atoms with van der Waals surface area (Å²) < 4.78 is 5.42. The molecule has 3 aliphatic heterocycles. The molecule has 0 amide bonds. The molecule has 3 heterocycles. The molecule has 0 fully saturated rings. The van der Waals surface area contributed by atoms with Crippen LogP contribution in [0.15, 0.2) is 72.8 Å². The van der Waals surface area contributed by atoms with E-state index in [1.54, 1.807) is 52.5 Å². The number of fused-ring (bicyclic) bond motifs is 3. The van der Waals surface area contributed by atoms with Crippen molar-refractivity contribution in [2.45, 2.75) is 59.5 Å². The maximum Gasteiger partial charge on any atom is 0.324 e. The van der Waals surface area contributed by atoms with Crippen LogP contribution >= 0.6 is 35.3 Å². The lowest BCUT2D eigenvalue weighted by molar-refractivity contribution is -0.114. The SMILES string of the molecule is CB1CCc2ccccc21.CB1CCc2ccccc21.CB1OCc2ccccc21.CSCC(C)=O.CSCN.CSCO. The molecular weight excluding hydrogens is 599 g/mol. The van der Waals surface area contributed by atoms with E-state index >= 15 is 0 Å². The third-order valence-corrected chi connectivity index (χ3v) is 8.78. The molecule has 0 spiro atoms. The Bertz CT molecular complexity index is 1070. The molecule has 3 aliphatic rings. The second-order valence-corrected chi connectivity index (χ2v) is 13.5. The number of benzene rings is 3. The quantitative estimate of drug-likeness (QED) is 0.277. The van der Waals surface area contributed by atoms with Crippen LogP contribution in [-0.2, 0) is 28.9 Å². The van der Waals surface area contributed by atoms with Crippen LogP contribution in [0.4, 0.5) is 0 Å². The molecule has 3 aromatic rings. The summed E-state index contributed by atoms with van der Waals surface area (Å²) in [6.07, 6.45) is 11.0. The van der Waals surface area contributed by atoms with Crippen molar-refractivity contribution < 1.29 is 14.6 Å². The first-order valence-electron chi connectivity index (χ1n) is 15.4. The molecule has 3 N–H and O–H groups in total. The van der Waals surface area contributed by atoms with Gasteiger partial charge in [-0.1, -0.05) is 128 Å². The first kappa shape index (κ1) is 40.5. The van der Waals surface area contributed by atoms with E-state index in [1.807, 2.05) is 18.8 Å². The largest absolute Gasteiger partial charge is 0.427 e. The summed E-state index contributed by atoms with van der Waals surface area (Å²) in [4.78, 5) is 10.0. The number of carbonyl (C=O) groups excluding carboxylic acids is 1. The highest BCUT2D eigenvalue weighted by Crippen LogP contribution is 2.14. The number of aliphatic hydroxyl groups is 1. The minimum Gasteiger partial charge on any atom is -0.427 e. The van der Waals surface area contributed by atoms with Gasteiger partial charge in [0.15, 0.2) is 13.4 Å². The summed E-state index contributed by atoms with van der Waals surface area (Å²) >= 11 is 4.61. The second-order valence-electron chi connectivity index (χ2n) is 10.9. The third-order valence-electron chi connectivity index (χ3n) is 7.49. The number of ketones is 1. The highest BCUT2D eigenvalue weighted by Gasteiger charge is 2.22. The lowest BCUT2D eigenvalue weighted by Crippen LogP contribution is -2.23. The topological polar surface area (TPSA) is 72.5 Å². The highest BCUT2D eigenvalue weighted by molar-refractivity contribution is 7.99. The second kappa shape index (κ2) is 24.7. The number of aryl methyl sites for hydroxylation is 2. The predicted molar refractivity (Wildman–Crippen MR) is 207 cm³/mol. The maximum atomic E-state index is 10.0. The number of nitrogens with two attached hydrogens (primary N) is 1. The third kappa shape index (κ3) is 15.6. The van der Waals surface area contributed by atoms with Crippen LogP contribution in [0.3, 0.4) is 0 Å². The molecule has 0 aromatic heterocycles. The number of thioether (sulfide) groups is 3. The van der Waals surface area contributed by atoms with Crippen molar-refractivity contribution >= 4 is 77.8 Å². The van der Waals surface area contributed by atoms with Crippen molar-refractivity contribution in [1.82, 2.24) is 0 Å². The summed E-state index contributed by atoms with van der Waals surface area (Å²) in [7, 11) is 0. The van der Waals surface area contributed by atoms with Gasteiger partial charge in [-0.25, -0.2) is 0 Å². The monoisotopic (exact) mass is 651 g/mol. The van der Waals surface area contributed by atoms with Crippen LogP contribution in [0.1, 0.15) is 23.6 Å². The molecule has 0 bridgehead atoms. The van der Waals surface area contributed by atoms with Crippen LogP contribution in [0, 0.1) is 0 Å². The Labute approximate surface area is 282 Å². The first-order valence-corrected chi connectivity index (χ1v) is 19.5. The zero-order chi connectivity index (χ0) is 32.7. The van der Waals surface area contributed by atoms with Gasteiger partial charge in [0.05, 0.1) is 18.3 Å². The average Bonchev–Trinajstić information content (AvgIpc) is 3.75. The van der Waals surface area contributed by atoms with Crippen molar-refractivity contribution in [3.8, 4) is 0 Å². The molecule has 0 saturated carbocycles. The normalized spacial score (nSPS) is 13.1. The van der Waals surface area contributed by atoms with Crippen LogP contribution in [0.25, 0.3) is 0 Å². The highest BCUT2D eigenvalue weighted by atomic mass is 32.2. The number of aliphatic hydroxyl groups excluding tert-OH is 1. The van der Waals surface area contributed by atoms with Gasteiger partial charge in [-0.05, 0) is 49.6 Å². The Morgan fingerprint density at radius 2 is 1.16 bits per heavy atom. The zero-order valence-corrected chi connectivity index (χ0v) is 30.3. The van der Waals surface area contributed by atoms with E-state index in [1.165, 1.54) is 48.3 Å². The molecule has 3 aromatic carbocycles. The van der Waals surface area contributed by atoms with E-state index in [2.05, 4.69) is 93.3 Å². The summed E-state index contributed by atoms with van der Waals surface area (Å²) in [5.74, 6) is 1.88. The molecule has 44 heavy (non-hydrogen) atoms. The first-order chi connectivity index (χ1) is 21.2. The molecule has 4 nitrogen and oxygen atoms in total. The molecule has 0 unspecified atom stereocenters. The fourth-order valence-electron chi connectivity index (χ4n) is 5.11. The Kier molecular flexibility index (Phi) is 22.7. The Morgan fingerprint density at radius 3 is 1.48 bits per heavy atom. The van der Waals surface area contributed by atoms with E-state index in [0.29, 0.717) is 12.7 Å². The van der Waals surface area contributed by atoms with Crippen molar-refractivity contribution in [2.24, 2.45) is 5.73 Å². The smallest absolute Gasteiger partial charge is 0.324 e. The van der Waals surface area contributed by atoms with E-state index < -0.39 is 0 Å². The molecule has 0 aliphatic carbocycles. The Balaban J connectivity index is 0.000000275. The summed E-state index contributed by atoms with van der Waals surface area (Å²) in [6, 6.07) is 25.9. The maximum absolute atomic E-state index is 10.0. The van der Waals surface area contributed by atoms with Gasteiger partial charge >= 0.3 is 6.92 Å². The van der Waals surface area contributed by atoms with Crippen molar-refractivity contribution in [1.29, 1.82) is 0 Å². The van der Waals surface area contributed by atoms with Gasteiger partial charge in [-0.2, -0.15) is 23.5 Å². The standard InChI is InChI=1S/2C9H11B.C8H9BO.C4H8OS.C2H7NS.C2H6OS/c2*1-10-7-6-8-4-2-3-5-9(8)10;1-9-8-5-3-2-4-7(8)6-10-9;1-4(5)3-6-2;2*1-4-2-3/h2*2-5H,6-7H2,1H3;2-5H,6H2,1H3;3H2,1-2H3;2-3H2,1H3;3H,2H2,1H3. The summed E-state index contributed by atoms with van der Waals surface area (Å²) in [6.45, 7) is 11.0. The van der Waals surface area contributed by atoms with Crippen molar-refractivity contribution in [2.75, 3.05) is 36.3 Å². The van der Waals surface area contributed by atoms with Gasteiger partial charge in [0.2, 0.25) is 0 Å². The van der Waals surface area contributed by atoms with Crippen molar-refractivity contribution in [3.63, 3.8) is 0 Å².